The summed E-state index contributed by atoms with van der Waals surface area (Å²) in [7, 11) is 1.69. The Hall–Kier alpha value is -2.13. The van der Waals surface area contributed by atoms with E-state index in [1.165, 1.54) is 0 Å². The van der Waals surface area contributed by atoms with Gasteiger partial charge in [0.05, 0.1) is 11.7 Å². The van der Waals surface area contributed by atoms with Crippen molar-refractivity contribution in [3.8, 4) is 0 Å². The van der Waals surface area contributed by atoms with Crippen molar-refractivity contribution in [2.75, 3.05) is 39.9 Å². The monoisotopic (exact) mass is 501 g/mol. The van der Waals surface area contributed by atoms with Gasteiger partial charge in [0.15, 0.2) is 0 Å². The number of nitrogens with two attached hydrogens (primary N) is 1. The van der Waals surface area contributed by atoms with Crippen LogP contribution in [-0.4, -0.2) is 78.1 Å². The maximum atomic E-state index is 13.3. The number of hydrogen-bond acceptors (Lipinski definition) is 6. The molecule has 2 amide bonds. The lowest BCUT2D eigenvalue weighted by Gasteiger charge is -2.43. The third-order valence-corrected chi connectivity index (χ3v) is 7.88. The number of benzene rings is 1. The molecule has 0 aliphatic carbocycles. The standard InChI is InChI=1S/C28H43N3O5/c1-27(2,3)24-15-19-9-7-11-21(25(19)36-24)28(34,12-5-6-14-35-4)20-10-8-13-30(16-20)26(33)31-17-22(29)23(32)18-31/h7,9,11,15,20,22-23,32,34H,5-6,8,10,12-14,16-18,29H2,1-4H3/t20?,22-,23+,28+/m1/s1. The van der Waals surface area contributed by atoms with Gasteiger partial charge in [-0.2, -0.15) is 0 Å². The second-order valence-electron chi connectivity index (χ2n) is 11.7. The zero-order chi connectivity index (χ0) is 26.1. The van der Waals surface area contributed by atoms with Gasteiger partial charge in [-0.3, -0.25) is 0 Å². The fourth-order valence-corrected chi connectivity index (χ4v) is 5.68. The van der Waals surface area contributed by atoms with Crippen molar-refractivity contribution < 1.29 is 24.2 Å². The third kappa shape index (κ3) is 5.42. The SMILES string of the molecule is COCCCC[C@@](O)(c1cccc2cc(C(C)(C)C)oc12)C1CCCN(C(=O)N2C[C@@H](N)[C@@H](O)C2)C1. The average molecular weight is 502 g/mol. The van der Waals surface area contributed by atoms with E-state index in [1.54, 1.807) is 12.0 Å². The molecule has 1 aromatic carbocycles. The number of nitrogens with zero attached hydrogens (tertiary/aromatic N) is 2. The van der Waals surface area contributed by atoms with Crippen LogP contribution >= 0.6 is 0 Å². The smallest absolute Gasteiger partial charge is 0.320 e. The van der Waals surface area contributed by atoms with Gasteiger partial charge in [0.25, 0.3) is 0 Å². The lowest BCUT2D eigenvalue weighted by atomic mass is 9.73. The summed E-state index contributed by atoms with van der Waals surface area (Å²) in [6.07, 6.45) is 3.13. The van der Waals surface area contributed by atoms with E-state index in [1.807, 2.05) is 23.1 Å². The Morgan fingerprint density at radius 3 is 2.64 bits per heavy atom. The van der Waals surface area contributed by atoms with Crippen molar-refractivity contribution in [3.05, 3.63) is 35.6 Å². The highest BCUT2D eigenvalue weighted by Crippen LogP contribution is 2.44. The van der Waals surface area contributed by atoms with Gasteiger partial charge in [-0.05, 0) is 38.2 Å². The summed E-state index contributed by atoms with van der Waals surface area (Å²) >= 11 is 0. The third-order valence-electron chi connectivity index (χ3n) is 7.88. The van der Waals surface area contributed by atoms with E-state index in [0.717, 1.165) is 48.0 Å². The Labute approximate surface area is 214 Å². The normalized spacial score (nSPS) is 24.9. The number of furan rings is 1. The Bertz CT molecular complexity index is 1040. The van der Waals surface area contributed by atoms with Crippen LogP contribution in [0.2, 0.25) is 0 Å². The van der Waals surface area contributed by atoms with Gasteiger partial charge < -0.3 is 34.9 Å². The van der Waals surface area contributed by atoms with Crippen molar-refractivity contribution in [2.24, 2.45) is 11.7 Å². The number of fused-ring (bicyclic) bond motifs is 1. The molecule has 8 nitrogen and oxygen atoms in total. The minimum absolute atomic E-state index is 0.111. The van der Waals surface area contributed by atoms with Crippen LogP contribution in [0.3, 0.4) is 0 Å². The van der Waals surface area contributed by atoms with E-state index in [4.69, 9.17) is 14.9 Å². The molecule has 4 atom stereocenters. The number of aliphatic hydroxyl groups is 2. The molecule has 200 valence electrons. The fourth-order valence-electron chi connectivity index (χ4n) is 5.68. The number of hydrogen-bond donors (Lipinski definition) is 3. The summed E-state index contributed by atoms with van der Waals surface area (Å²) in [5.41, 5.74) is 6.17. The molecule has 0 bridgehead atoms. The van der Waals surface area contributed by atoms with Crippen LogP contribution in [0.15, 0.2) is 28.7 Å². The van der Waals surface area contributed by atoms with Crippen molar-refractivity contribution in [1.29, 1.82) is 0 Å². The summed E-state index contributed by atoms with van der Waals surface area (Å²) in [5.74, 6) is 0.740. The zero-order valence-electron chi connectivity index (χ0n) is 22.2. The van der Waals surface area contributed by atoms with Gasteiger partial charge >= 0.3 is 6.03 Å². The maximum absolute atomic E-state index is 13.3. The van der Waals surface area contributed by atoms with E-state index in [9.17, 15) is 15.0 Å². The molecule has 2 aliphatic heterocycles. The van der Waals surface area contributed by atoms with E-state index in [0.29, 0.717) is 32.7 Å². The topological polar surface area (TPSA) is 112 Å². The Morgan fingerprint density at radius 2 is 1.97 bits per heavy atom. The van der Waals surface area contributed by atoms with Crippen LogP contribution in [-0.2, 0) is 15.8 Å². The van der Waals surface area contributed by atoms with Crippen LogP contribution < -0.4 is 5.73 Å². The van der Waals surface area contributed by atoms with Crippen LogP contribution in [0, 0.1) is 5.92 Å². The molecule has 1 unspecified atom stereocenters. The van der Waals surface area contributed by atoms with Crippen molar-refractivity contribution in [1.82, 2.24) is 9.80 Å². The first-order chi connectivity index (χ1) is 17.0. The average Bonchev–Trinajstić information content (AvgIpc) is 3.44. The second kappa shape index (κ2) is 10.7. The summed E-state index contributed by atoms with van der Waals surface area (Å²) in [5, 5.41) is 23.5. The van der Waals surface area contributed by atoms with E-state index in [-0.39, 0.29) is 23.9 Å². The van der Waals surface area contributed by atoms with Gasteiger partial charge in [0.2, 0.25) is 0 Å². The Morgan fingerprint density at radius 1 is 1.19 bits per heavy atom. The van der Waals surface area contributed by atoms with Crippen LogP contribution in [0.25, 0.3) is 11.0 Å². The van der Waals surface area contributed by atoms with Gasteiger partial charge in [-0.15, -0.1) is 0 Å². The molecule has 1 aromatic heterocycles. The molecule has 4 rings (SSSR count). The number of β-amino-alcohol motifs (C(OH)–C–C–N with tert-alkyl or cyclic N) is 1. The number of piperidine rings is 1. The molecule has 4 N–H and O–H groups in total. The first kappa shape index (κ1) is 26.9. The minimum Gasteiger partial charge on any atom is -0.460 e. The number of unbranched alkanes of at least 4 members (excludes halogenated alkanes) is 1. The molecule has 0 spiro atoms. The van der Waals surface area contributed by atoms with Crippen LogP contribution in [0.1, 0.15) is 64.2 Å². The van der Waals surface area contributed by atoms with Crippen molar-refractivity contribution >= 4 is 17.0 Å². The fraction of sp³-hybridized carbons (Fsp3) is 0.679. The summed E-state index contributed by atoms with van der Waals surface area (Å²) in [6.45, 7) is 8.68. The van der Waals surface area contributed by atoms with E-state index < -0.39 is 17.7 Å². The van der Waals surface area contributed by atoms with Crippen LogP contribution in [0.5, 0.6) is 0 Å². The quantitative estimate of drug-likeness (QED) is 0.500. The molecule has 2 aliphatic rings. The Kier molecular flexibility index (Phi) is 8.00. The highest BCUT2D eigenvalue weighted by atomic mass is 16.5. The van der Waals surface area contributed by atoms with Gasteiger partial charge in [-0.25, -0.2) is 4.79 Å². The second-order valence-corrected chi connectivity index (χ2v) is 11.7. The number of para-hydroxylation sites is 1. The zero-order valence-corrected chi connectivity index (χ0v) is 22.2. The first-order valence-corrected chi connectivity index (χ1v) is 13.3. The molecule has 2 saturated heterocycles. The number of likely N-dealkylation sites (tertiary alicyclic amines) is 2. The molecule has 8 heteroatoms. The number of carbonyl (C=O) groups excluding carboxylic acids is 1. The predicted molar refractivity (Wildman–Crippen MR) is 140 cm³/mol. The summed E-state index contributed by atoms with van der Waals surface area (Å²) in [4.78, 5) is 16.8. The maximum Gasteiger partial charge on any atom is 0.320 e. The molecule has 3 heterocycles. The number of carbonyl (C=O) groups is 1. The molecule has 0 saturated carbocycles. The lowest BCUT2D eigenvalue weighted by molar-refractivity contribution is -0.0571. The number of urea groups is 1. The number of amides is 2. The number of ether oxygens (including phenoxy) is 1. The van der Waals surface area contributed by atoms with Gasteiger partial charge in [0.1, 0.15) is 11.3 Å². The van der Waals surface area contributed by atoms with Crippen molar-refractivity contribution in [2.45, 2.75) is 76.0 Å². The molecule has 2 aromatic rings. The highest BCUT2D eigenvalue weighted by molar-refractivity contribution is 5.82. The summed E-state index contributed by atoms with van der Waals surface area (Å²) < 4.78 is 11.6. The largest absolute Gasteiger partial charge is 0.460 e. The van der Waals surface area contributed by atoms with E-state index in [2.05, 4.69) is 26.8 Å². The van der Waals surface area contributed by atoms with Crippen molar-refractivity contribution in [3.63, 3.8) is 0 Å². The van der Waals surface area contributed by atoms with Gasteiger partial charge in [0, 0.05) is 68.2 Å². The minimum atomic E-state index is -1.15. The highest BCUT2D eigenvalue weighted by Gasteiger charge is 2.44. The molecule has 2 fully saturated rings. The predicted octanol–water partition coefficient (Wildman–Crippen LogP) is 3.57. The van der Waals surface area contributed by atoms with E-state index >= 15 is 0 Å². The summed E-state index contributed by atoms with van der Waals surface area (Å²) in [6, 6.07) is 7.54. The first-order valence-electron chi connectivity index (χ1n) is 13.3. The van der Waals surface area contributed by atoms with Gasteiger partial charge in [-0.1, -0.05) is 39.0 Å². The number of methoxy groups -OCH3 is 1. The number of rotatable bonds is 7. The lowest BCUT2D eigenvalue weighted by Crippen LogP contribution is -2.51. The molecular weight excluding hydrogens is 458 g/mol. The van der Waals surface area contributed by atoms with Crippen LogP contribution in [0.4, 0.5) is 4.79 Å². The Balaban J connectivity index is 1.65. The molecule has 36 heavy (non-hydrogen) atoms. The number of aliphatic hydroxyl groups excluding tert-OH is 1. The molecule has 0 radical (unpaired) electrons. The molecular formula is C28H43N3O5.